The van der Waals surface area contributed by atoms with Gasteiger partial charge >= 0.3 is 0 Å². The largest absolute Gasteiger partial charge is 0.392 e. The van der Waals surface area contributed by atoms with Crippen molar-refractivity contribution < 1.29 is 5.11 Å². The molecule has 1 aromatic rings. The highest BCUT2D eigenvalue weighted by Crippen LogP contribution is 2.02. The van der Waals surface area contributed by atoms with E-state index in [1.165, 1.54) is 0 Å². The van der Waals surface area contributed by atoms with E-state index in [4.69, 9.17) is 5.11 Å². The summed E-state index contributed by atoms with van der Waals surface area (Å²) in [5.41, 5.74) is 2.16. The predicted molar refractivity (Wildman–Crippen MR) is 45.1 cm³/mol. The Balaban J connectivity index is 2.79. The summed E-state index contributed by atoms with van der Waals surface area (Å²) in [6.07, 6.45) is 7.10. The topological polar surface area (TPSA) is 33.1 Å². The summed E-state index contributed by atoms with van der Waals surface area (Å²) >= 11 is 0. The number of hydrogen-bond donors (Lipinski definition) is 1. The Bertz CT molecular complexity index is 255. The van der Waals surface area contributed by atoms with E-state index in [-0.39, 0.29) is 6.61 Å². The third-order valence-corrected chi connectivity index (χ3v) is 1.31. The van der Waals surface area contributed by atoms with Crippen LogP contribution in [0.3, 0.4) is 0 Å². The monoisotopic (exact) mass is 149 g/mol. The van der Waals surface area contributed by atoms with Crippen molar-refractivity contribution in [3.05, 3.63) is 35.7 Å². The van der Waals surface area contributed by atoms with E-state index in [1.807, 2.05) is 19.1 Å². The average molecular weight is 149 g/mol. The third-order valence-electron chi connectivity index (χ3n) is 1.31. The van der Waals surface area contributed by atoms with Crippen LogP contribution in [0.15, 0.2) is 24.5 Å². The van der Waals surface area contributed by atoms with Crippen molar-refractivity contribution in [1.82, 2.24) is 4.98 Å². The zero-order chi connectivity index (χ0) is 8.10. The lowest BCUT2D eigenvalue weighted by Crippen LogP contribution is -1.79. The summed E-state index contributed by atoms with van der Waals surface area (Å²) < 4.78 is 0. The van der Waals surface area contributed by atoms with E-state index in [0.29, 0.717) is 0 Å². The van der Waals surface area contributed by atoms with Gasteiger partial charge in [0, 0.05) is 12.4 Å². The highest BCUT2D eigenvalue weighted by Gasteiger charge is 1.86. The summed E-state index contributed by atoms with van der Waals surface area (Å²) in [6, 6.07) is 2.01. The zero-order valence-corrected chi connectivity index (χ0v) is 6.49. The lowest BCUT2D eigenvalue weighted by Gasteiger charge is -1.93. The van der Waals surface area contributed by atoms with Crippen LogP contribution >= 0.6 is 0 Å². The SMILES string of the molecule is Cc1cncc(/C=C\CO)c1. The quantitative estimate of drug-likeness (QED) is 0.689. The molecule has 0 atom stereocenters. The Morgan fingerprint density at radius 3 is 3.00 bits per heavy atom. The van der Waals surface area contributed by atoms with Crippen molar-refractivity contribution in [2.45, 2.75) is 6.92 Å². The van der Waals surface area contributed by atoms with Gasteiger partial charge in [0.25, 0.3) is 0 Å². The van der Waals surface area contributed by atoms with Gasteiger partial charge in [0.15, 0.2) is 0 Å². The Kier molecular flexibility index (Phi) is 2.81. The minimum absolute atomic E-state index is 0.0773. The van der Waals surface area contributed by atoms with Crippen LogP contribution in [0.25, 0.3) is 6.08 Å². The summed E-state index contributed by atoms with van der Waals surface area (Å²) in [5.74, 6) is 0. The average Bonchev–Trinajstić information content (AvgIpc) is 2.01. The van der Waals surface area contributed by atoms with E-state index < -0.39 is 0 Å². The first-order valence-corrected chi connectivity index (χ1v) is 3.52. The number of aryl methyl sites for hydroxylation is 1. The van der Waals surface area contributed by atoms with E-state index in [2.05, 4.69) is 4.98 Å². The van der Waals surface area contributed by atoms with Gasteiger partial charge in [0.2, 0.25) is 0 Å². The highest BCUT2D eigenvalue weighted by molar-refractivity contribution is 5.48. The molecule has 1 N–H and O–H groups in total. The Morgan fingerprint density at radius 2 is 2.36 bits per heavy atom. The van der Waals surface area contributed by atoms with Crippen LogP contribution in [0, 0.1) is 6.92 Å². The van der Waals surface area contributed by atoms with Gasteiger partial charge in [-0.3, -0.25) is 4.98 Å². The maximum atomic E-state index is 8.49. The number of aromatic nitrogens is 1. The van der Waals surface area contributed by atoms with E-state index >= 15 is 0 Å². The van der Waals surface area contributed by atoms with Crippen molar-refractivity contribution in [3.63, 3.8) is 0 Å². The van der Waals surface area contributed by atoms with E-state index in [1.54, 1.807) is 18.5 Å². The summed E-state index contributed by atoms with van der Waals surface area (Å²) in [5, 5.41) is 8.49. The van der Waals surface area contributed by atoms with Crippen molar-refractivity contribution >= 4 is 6.08 Å². The molecule has 58 valence electrons. The molecule has 0 aliphatic heterocycles. The summed E-state index contributed by atoms with van der Waals surface area (Å²) in [6.45, 7) is 2.07. The van der Waals surface area contributed by atoms with Gasteiger partial charge in [-0.25, -0.2) is 0 Å². The standard InChI is InChI=1S/C9H11NO/c1-8-5-9(3-2-4-11)7-10-6-8/h2-3,5-7,11H,4H2,1H3/b3-2-. The smallest absolute Gasteiger partial charge is 0.0615 e. The molecule has 0 spiro atoms. The van der Waals surface area contributed by atoms with E-state index in [0.717, 1.165) is 11.1 Å². The third kappa shape index (κ3) is 2.51. The fourth-order valence-electron chi connectivity index (χ4n) is 0.858. The number of rotatable bonds is 2. The Hall–Kier alpha value is -1.15. The number of pyridine rings is 1. The molecular weight excluding hydrogens is 138 g/mol. The lowest BCUT2D eigenvalue weighted by molar-refractivity contribution is 0.343. The van der Waals surface area contributed by atoms with Gasteiger partial charge in [-0.05, 0) is 24.1 Å². The molecule has 0 amide bonds. The van der Waals surface area contributed by atoms with Crippen LogP contribution in [0.2, 0.25) is 0 Å². The zero-order valence-electron chi connectivity index (χ0n) is 6.49. The number of nitrogens with zero attached hydrogens (tertiary/aromatic N) is 1. The molecule has 0 radical (unpaired) electrons. The predicted octanol–water partition coefficient (Wildman–Crippen LogP) is 1.40. The molecule has 1 rings (SSSR count). The van der Waals surface area contributed by atoms with Gasteiger partial charge < -0.3 is 5.11 Å². The molecular formula is C9H11NO. The van der Waals surface area contributed by atoms with Crippen LogP contribution in [-0.4, -0.2) is 16.7 Å². The molecule has 1 heterocycles. The van der Waals surface area contributed by atoms with Crippen LogP contribution in [-0.2, 0) is 0 Å². The number of aliphatic hydroxyl groups is 1. The highest BCUT2D eigenvalue weighted by atomic mass is 16.2. The lowest BCUT2D eigenvalue weighted by atomic mass is 10.2. The van der Waals surface area contributed by atoms with Gasteiger partial charge in [-0.1, -0.05) is 12.2 Å². The normalized spacial score (nSPS) is 10.7. The second-order valence-corrected chi connectivity index (χ2v) is 2.38. The molecule has 1 aromatic heterocycles. The van der Waals surface area contributed by atoms with Gasteiger partial charge in [-0.15, -0.1) is 0 Å². The molecule has 0 aliphatic rings. The maximum Gasteiger partial charge on any atom is 0.0615 e. The van der Waals surface area contributed by atoms with Crippen LogP contribution < -0.4 is 0 Å². The van der Waals surface area contributed by atoms with Crippen molar-refractivity contribution in [2.75, 3.05) is 6.61 Å². The molecule has 0 unspecified atom stereocenters. The molecule has 2 heteroatoms. The first kappa shape index (κ1) is 7.95. The second kappa shape index (κ2) is 3.88. The Labute approximate surface area is 66.2 Å². The number of hydrogen-bond acceptors (Lipinski definition) is 2. The minimum Gasteiger partial charge on any atom is -0.392 e. The molecule has 11 heavy (non-hydrogen) atoms. The maximum absolute atomic E-state index is 8.49. The summed E-state index contributed by atoms with van der Waals surface area (Å²) in [4.78, 5) is 4.00. The van der Waals surface area contributed by atoms with Crippen LogP contribution in [0.1, 0.15) is 11.1 Å². The van der Waals surface area contributed by atoms with Crippen molar-refractivity contribution in [2.24, 2.45) is 0 Å². The fourth-order valence-corrected chi connectivity index (χ4v) is 0.858. The molecule has 0 bridgehead atoms. The van der Waals surface area contributed by atoms with Crippen molar-refractivity contribution in [1.29, 1.82) is 0 Å². The molecule has 0 fully saturated rings. The molecule has 0 aliphatic carbocycles. The molecule has 0 aromatic carbocycles. The molecule has 0 saturated carbocycles. The van der Waals surface area contributed by atoms with Crippen LogP contribution in [0.5, 0.6) is 0 Å². The van der Waals surface area contributed by atoms with Crippen molar-refractivity contribution in [3.8, 4) is 0 Å². The van der Waals surface area contributed by atoms with Crippen LogP contribution in [0.4, 0.5) is 0 Å². The fraction of sp³-hybridized carbons (Fsp3) is 0.222. The van der Waals surface area contributed by atoms with E-state index in [9.17, 15) is 0 Å². The minimum atomic E-state index is 0.0773. The van der Waals surface area contributed by atoms with Gasteiger partial charge in [0.05, 0.1) is 6.61 Å². The Morgan fingerprint density at radius 1 is 1.55 bits per heavy atom. The first-order valence-electron chi connectivity index (χ1n) is 3.52. The van der Waals surface area contributed by atoms with Gasteiger partial charge in [-0.2, -0.15) is 0 Å². The van der Waals surface area contributed by atoms with Gasteiger partial charge in [0.1, 0.15) is 0 Å². The second-order valence-electron chi connectivity index (χ2n) is 2.38. The molecule has 2 nitrogen and oxygen atoms in total. The first-order chi connectivity index (χ1) is 5.33. The summed E-state index contributed by atoms with van der Waals surface area (Å²) in [7, 11) is 0. The number of aliphatic hydroxyl groups excluding tert-OH is 1. The molecule has 0 saturated heterocycles.